The second kappa shape index (κ2) is 7.43. The number of aliphatic hydroxyl groups is 2. The van der Waals surface area contributed by atoms with Gasteiger partial charge in [0.05, 0.1) is 18.1 Å². The van der Waals surface area contributed by atoms with Crippen LogP contribution in [0.25, 0.3) is 0 Å². The number of carboxylic acids is 1. The summed E-state index contributed by atoms with van der Waals surface area (Å²) in [5.41, 5.74) is -0.676. The van der Waals surface area contributed by atoms with Gasteiger partial charge < -0.3 is 15.3 Å². The number of rotatable bonds is 2. The Labute approximate surface area is 210 Å². The van der Waals surface area contributed by atoms with Crippen LogP contribution in [0.1, 0.15) is 99.3 Å². The number of aliphatic carboxylic acids is 1. The maximum absolute atomic E-state index is 14.2. The van der Waals surface area contributed by atoms with E-state index in [-0.39, 0.29) is 51.8 Å². The smallest absolute Gasteiger partial charge is 0.309 e. The highest BCUT2D eigenvalue weighted by Crippen LogP contribution is 2.75. The van der Waals surface area contributed by atoms with Gasteiger partial charge in [-0.15, -0.1) is 0 Å². The number of fused-ring (bicyclic) bond motifs is 7. The molecule has 0 spiro atoms. The summed E-state index contributed by atoms with van der Waals surface area (Å²) in [6.45, 7) is 13.1. The van der Waals surface area contributed by atoms with E-state index in [2.05, 4.69) is 27.7 Å². The molecule has 5 heteroatoms. The molecule has 0 amide bonds. The first-order valence-corrected chi connectivity index (χ1v) is 13.9. The Morgan fingerprint density at radius 1 is 0.971 bits per heavy atom. The van der Waals surface area contributed by atoms with Crippen molar-refractivity contribution < 1.29 is 24.9 Å². The largest absolute Gasteiger partial charge is 0.481 e. The number of carboxylic acid groups (broad SMARTS) is 1. The van der Waals surface area contributed by atoms with Crippen molar-refractivity contribution in [1.29, 1.82) is 0 Å². The van der Waals surface area contributed by atoms with E-state index in [0.717, 1.165) is 38.5 Å². The van der Waals surface area contributed by atoms with Gasteiger partial charge in [0.2, 0.25) is 0 Å². The van der Waals surface area contributed by atoms with Gasteiger partial charge in [0.1, 0.15) is 0 Å². The molecule has 0 bridgehead atoms. The zero-order chi connectivity index (χ0) is 25.8. The SMILES string of the molecule is CC1(CO)C2CC[C@]3(C)C(C(=O)C=C4[C@@H]5C[C@@](C)(C(=O)O)CC[C@]5(C)CCC43C)[C@@]2(C)CC[C@@H]1O. The van der Waals surface area contributed by atoms with E-state index in [0.29, 0.717) is 19.3 Å². The van der Waals surface area contributed by atoms with Gasteiger partial charge in [-0.25, -0.2) is 0 Å². The normalized spacial score (nSPS) is 55.7. The van der Waals surface area contributed by atoms with Crippen molar-refractivity contribution in [2.45, 2.75) is 105 Å². The lowest BCUT2D eigenvalue weighted by Gasteiger charge is -2.70. The summed E-state index contributed by atoms with van der Waals surface area (Å²) in [4.78, 5) is 26.5. The number of carbonyl (C=O) groups excluding carboxylic acids is 1. The fourth-order valence-electron chi connectivity index (χ4n) is 10.4. The van der Waals surface area contributed by atoms with Crippen LogP contribution in [0.15, 0.2) is 11.6 Å². The summed E-state index contributed by atoms with van der Waals surface area (Å²) in [6, 6.07) is 0. The lowest BCUT2D eigenvalue weighted by atomic mass is 9.33. The molecule has 5 rings (SSSR count). The van der Waals surface area contributed by atoms with Crippen LogP contribution >= 0.6 is 0 Å². The van der Waals surface area contributed by atoms with Crippen LogP contribution in [0.2, 0.25) is 0 Å². The minimum absolute atomic E-state index is 0.0509. The average molecular weight is 487 g/mol. The van der Waals surface area contributed by atoms with Crippen LogP contribution in [0.3, 0.4) is 0 Å². The van der Waals surface area contributed by atoms with E-state index in [1.165, 1.54) is 5.57 Å². The third-order valence-corrected chi connectivity index (χ3v) is 13.2. The van der Waals surface area contributed by atoms with Crippen molar-refractivity contribution in [1.82, 2.24) is 0 Å². The van der Waals surface area contributed by atoms with Crippen LogP contribution in [-0.4, -0.2) is 39.8 Å². The minimum atomic E-state index is -0.740. The first-order valence-electron chi connectivity index (χ1n) is 13.9. The quantitative estimate of drug-likeness (QED) is 0.487. The lowest BCUT2D eigenvalue weighted by molar-refractivity contribution is -0.212. The fourth-order valence-corrected chi connectivity index (χ4v) is 10.4. The van der Waals surface area contributed by atoms with Crippen molar-refractivity contribution in [3.63, 3.8) is 0 Å². The van der Waals surface area contributed by atoms with Crippen molar-refractivity contribution in [2.24, 2.45) is 50.2 Å². The van der Waals surface area contributed by atoms with Crippen LogP contribution in [0, 0.1) is 50.2 Å². The van der Waals surface area contributed by atoms with Crippen LogP contribution in [-0.2, 0) is 9.59 Å². The second-order valence-corrected chi connectivity index (χ2v) is 14.8. The summed E-state index contributed by atoms with van der Waals surface area (Å²) >= 11 is 0. The third kappa shape index (κ3) is 3.00. The standard InChI is InChI=1S/C30H46O5/c1-25-11-12-26(2,24(34)35)16-19(25)18-15-20(32)23-27(3)9-8-22(33)28(4,17-31)21(27)7-10-30(23,6)29(18,5)14-13-25/h15,19,21-23,31,33H,7-14,16-17H2,1-6H3,(H,34,35)/t19-,21?,22-,23?,25+,26-,27-,28?,29?,30+/m0/s1. The molecule has 5 aliphatic carbocycles. The van der Waals surface area contributed by atoms with Crippen molar-refractivity contribution in [2.75, 3.05) is 6.61 Å². The van der Waals surface area contributed by atoms with E-state index in [4.69, 9.17) is 0 Å². The van der Waals surface area contributed by atoms with E-state index in [9.17, 15) is 24.9 Å². The first kappa shape index (κ1) is 25.4. The lowest BCUT2D eigenvalue weighted by Crippen LogP contribution is -2.67. The van der Waals surface area contributed by atoms with E-state index in [1.54, 1.807) is 0 Å². The first-order chi connectivity index (χ1) is 16.1. The predicted molar refractivity (Wildman–Crippen MR) is 134 cm³/mol. The highest BCUT2D eigenvalue weighted by molar-refractivity contribution is 5.95. The zero-order valence-electron chi connectivity index (χ0n) is 22.6. The van der Waals surface area contributed by atoms with Gasteiger partial charge in [0.15, 0.2) is 5.78 Å². The molecule has 5 nitrogen and oxygen atoms in total. The Kier molecular flexibility index (Phi) is 5.40. The van der Waals surface area contributed by atoms with E-state index in [1.807, 2.05) is 19.9 Å². The van der Waals surface area contributed by atoms with Gasteiger partial charge in [0.25, 0.3) is 0 Å². The molecule has 196 valence electrons. The number of allylic oxidation sites excluding steroid dienone is 2. The number of ketones is 1. The van der Waals surface area contributed by atoms with Crippen molar-refractivity contribution >= 4 is 11.8 Å². The Bertz CT molecular complexity index is 987. The summed E-state index contributed by atoms with van der Waals surface area (Å²) in [6.07, 6.45) is 8.99. The molecule has 0 aromatic carbocycles. The summed E-state index contributed by atoms with van der Waals surface area (Å²) in [5, 5.41) is 31.3. The van der Waals surface area contributed by atoms with Crippen LogP contribution < -0.4 is 0 Å². The van der Waals surface area contributed by atoms with Gasteiger partial charge in [0, 0.05) is 11.3 Å². The van der Waals surface area contributed by atoms with Crippen LogP contribution in [0.4, 0.5) is 0 Å². The average Bonchev–Trinajstić information content (AvgIpc) is 2.79. The number of hydrogen-bond donors (Lipinski definition) is 3. The summed E-state index contributed by atoms with van der Waals surface area (Å²) < 4.78 is 0. The molecule has 0 aromatic rings. The zero-order valence-corrected chi connectivity index (χ0v) is 22.6. The second-order valence-electron chi connectivity index (χ2n) is 14.8. The Balaban J connectivity index is 1.62. The minimum Gasteiger partial charge on any atom is -0.481 e. The van der Waals surface area contributed by atoms with E-state index >= 15 is 0 Å². The van der Waals surface area contributed by atoms with Crippen molar-refractivity contribution in [3.05, 3.63) is 11.6 Å². The molecule has 4 saturated carbocycles. The Hall–Kier alpha value is -1.20. The molecule has 0 saturated heterocycles. The topological polar surface area (TPSA) is 94.8 Å². The van der Waals surface area contributed by atoms with E-state index < -0.39 is 22.9 Å². The number of carbonyl (C=O) groups is 2. The molecule has 0 aliphatic heterocycles. The summed E-state index contributed by atoms with van der Waals surface area (Å²) in [5.74, 6) is -0.423. The van der Waals surface area contributed by atoms with Gasteiger partial charge in [-0.2, -0.15) is 0 Å². The fraction of sp³-hybridized carbons (Fsp3) is 0.867. The molecule has 4 fully saturated rings. The molecular formula is C30H46O5. The Morgan fingerprint density at radius 2 is 1.63 bits per heavy atom. The number of hydrogen-bond acceptors (Lipinski definition) is 4. The highest BCUT2D eigenvalue weighted by Gasteiger charge is 2.70. The molecule has 3 N–H and O–H groups in total. The van der Waals surface area contributed by atoms with Gasteiger partial charge >= 0.3 is 5.97 Å². The monoisotopic (exact) mass is 486 g/mol. The maximum Gasteiger partial charge on any atom is 0.309 e. The maximum atomic E-state index is 14.2. The molecule has 5 aliphatic rings. The van der Waals surface area contributed by atoms with Gasteiger partial charge in [-0.1, -0.05) is 40.2 Å². The van der Waals surface area contributed by atoms with Gasteiger partial charge in [-0.3, -0.25) is 9.59 Å². The number of aliphatic hydroxyl groups excluding tert-OH is 2. The third-order valence-electron chi connectivity index (χ3n) is 13.2. The molecule has 0 heterocycles. The predicted octanol–water partition coefficient (Wildman–Crippen LogP) is 5.39. The molecule has 35 heavy (non-hydrogen) atoms. The highest BCUT2D eigenvalue weighted by atomic mass is 16.4. The molecule has 10 atom stereocenters. The Morgan fingerprint density at radius 3 is 2.26 bits per heavy atom. The van der Waals surface area contributed by atoms with Crippen LogP contribution in [0.5, 0.6) is 0 Å². The molecular weight excluding hydrogens is 440 g/mol. The molecule has 4 unspecified atom stereocenters. The van der Waals surface area contributed by atoms with Crippen molar-refractivity contribution in [3.8, 4) is 0 Å². The molecule has 0 radical (unpaired) electrons. The summed E-state index contributed by atoms with van der Waals surface area (Å²) in [7, 11) is 0. The molecule has 0 aromatic heterocycles. The van der Waals surface area contributed by atoms with Gasteiger partial charge in [-0.05, 0) is 104 Å².